The molecule has 122 valence electrons. The highest BCUT2D eigenvalue weighted by Crippen LogP contribution is 2.15. The van der Waals surface area contributed by atoms with Crippen molar-refractivity contribution in [2.45, 2.75) is 20.8 Å². The number of hydrogen-bond acceptors (Lipinski definition) is 4. The highest BCUT2D eigenvalue weighted by molar-refractivity contribution is 6.01. The lowest BCUT2D eigenvalue weighted by Gasteiger charge is -2.07. The molecule has 1 heterocycles. The van der Waals surface area contributed by atoms with Gasteiger partial charge in [-0.25, -0.2) is 5.43 Å². The summed E-state index contributed by atoms with van der Waals surface area (Å²) in [6, 6.07) is 7.38. The van der Waals surface area contributed by atoms with Crippen molar-refractivity contribution in [1.82, 2.24) is 10.4 Å². The number of nitrogens with zero attached hydrogens (tertiary/aromatic N) is 1. The van der Waals surface area contributed by atoms with Gasteiger partial charge in [-0.1, -0.05) is 0 Å². The number of methoxy groups -OCH3 is 1. The minimum absolute atomic E-state index is 0.147. The normalized spacial score (nSPS) is 11.2. The Hall–Kier alpha value is -2.76. The SMILES string of the molecule is COc1ccc(NCC(=O)N/N=C(\C)c2c(C)c[nH]c2C)cc1. The van der Waals surface area contributed by atoms with Crippen LogP contribution in [0.3, 0.4) is 0 Å². The van der Waals surface area contributed by atoms with Gasteiger partial charge in [-0.15, -0.1) is 0 Å². The standard InChI is InChI=1S/C17H22N4O2/c1-11-9-18-12(2)17(11)13(3)20-21-16(22)10-19-14-5-7-15(23-4)8-6-14/h5-9,18-19H,10H2,1-4H3,(H,21,22)/b20-13+. The summed E-state index contributed by atoms with van der Waals surface area (Å²) in [5.74, 6) is 0.573. The van der Waals surface area contributed by atoms with E-state index in [1.165, 1.54) is 0 Å². The van der Waals surface area contributed by atoms with Crippen molar-refractivity contribution in [3.8, 4) is 5.75 Å². The van der Waals surface area contributed by atoms with E-state index in [9.17, 15) is 4.79 Å². The molecule has 0 unspecified atom stereocenters. The molecule has 0 fully saturated rings. The number of H-pyrrole nitrogens is 1. The number of rotatable bonds is 6. The summed E-state index contributed by atoms with van der Waals surface area (Å²) < 4.78 is 5.09. The number of anilines is 1. The van der Waals surface area contributed by atoms with Gasteiger partial charge in [-0.05, 0) is 50.6 Å². The summed E-state index contributed by atoms with van der Waals surface area (Å²) in [6.45, 7) is 6.01. The van der Waals surface area contributed by atoms with Crippen molar-refractivity contribution in [3.05, 3.63) is 47.3 Å². The monoisotopic (exact) mass is 314 g/mol. The lowest BCUT2D eigenvalue weighted by Crippen LogP contribution is -2.26. The number of amides is 1. The number of ether oxygens (including phenoxy) is 1. The molecule has 0 aliphatic rings. The quantitative estimate of drug-likeness (QED) is 0.566. The molecule has 23 heavy (non-hydrogen) atoms. The number of aryl methyl sites for hydroxylation is 2. The second-order valence-corrected chi connectivity index (χ2v) is 5.29. The molecule has 0 radical (unpaired) electrons. The molecule has 0 saturated carbocycles. The molecule has 3 N–H and O–H groups in total. The molecule has 2 rings (SSSR count). The number of aromatic amines is 1. The van der Waals surface area contributed by atoms with E-state index in [2.05, 4.69) is 20.8 Å². The number of carbonyl (C=O) groups is 1. The van der Waals surface area contributed by atoms with Crippen LogP contribution in [0.2, 0.25) is 0 Å². The van der Waals surface area contributed by atoms with E-state index < -0.39 is 0 Å². The Labute approximate surface area is 135 Å². The van der Waals surface area contributed by atoms with Crippen LogP contribution in [0, 0.1) is 13.8 Å². The third-order valence-electron chi connectivity index (χ3n) is 3.53. The van der Waals surface area contributed by atoms with Gasteiger partial charge in [0.15, 0.2) is 0 Å². The summed E-state index contributed by atoms with van der Waals surface area (Å²) in [5.41, 5.74) is 7.37. The lowest BCUT2D eigenvalue weighted by atomic mass is 10.1. The zero-order valence-electron chi connectivity index (χ0n) is 13.9. The Morgan fingerprint density at radius 2 is 1.96 bits per heavy atom. The van der Waals surface area contributed by atoms with Gasteiger partial charge in [0.2, 0.25) is 0 Å². The number of hydrazone groups is 1. The summed E-state index contributed by atoms with van der Waals surface area (Å²) in [4.78, 5) is 15.0. The molecule has 0 spiro atoms. The molecule has 2 aromatic rings. The van der Waals surface area contributed by atoms with Crippen LogP contribution in [0.4, 0.5) is 5.69 Å². The van der Waals surface area contributed by atoms with Gasteiger partial charge in [0.05, 0.1) is 19.4 Å². The van der Waals surface area contributed by atoms with Gasteiger partial charge in [-0.2, -0.15) is 5.10 Å². The average molecular weight is 314 g/mol. The summed E-state index contributed by atoms with van der Waals surface area (Å²) in [5, 5.41) is 7.20. The minimum atomic E-state index is -0.203. The van der Waals surface area contributed by atoms with Crippen molar-refractivity contribution in [2.75, 3.05) is 19.0 Å². The lowest BCUT2D eigenvalue weighted by molar-refractivity contribution is -0.119. The van der Waals surface area contributed by atoms with Crippen LogP contribution in [0.25, 0.3) is 0 Å². The Morgan fingerprint density at radius 3 is 2.52 bits per heavy atom. The van der Waals surface area contributed by atoms with Crippen LogP contribution in [0.1, 0.15) is 23.7 Å². The first-order valence-corrected chi connectivity index (χ1v) is 7.37. The van der Waals surface area contributed by atoms with E-state index in [0.29, 0.717) is 0 Å². The van der Waals surface area contributed by atoms with Crippen molar-refractivity contribution in [2.24, 2.45) is 5.10 Å². The third-order valence-corrected chi connectivity index (χ3v) is 3.53. The summed E-state index contributed by atoms with van der Waals surface area (Å²) in [6.07, 6.45) is 1.93. The number of carbonyl (C=O) groups excluding carboxylic acids is 1. The maximum atomic E-state index is 11.9. The molecule has 0 saturated heterocycles. The first-order chi connectivity index (χ1) is 11.0. The first kappa shape index (κ1) is 16.6. The molecule has 0 bridgehead atoms. The molecule has 0 atom stereocenters. The molecule has 6 nitrogen and oxygen atoms in total. The van der Waals surface area contributed by atoms with Crippen molar-refractivity contribution >= 4 is 17.3 Å². The van der Waals surface area contributed by atoms with E-state index in [1.54, 1.807) is 7.11 Å². The molecular weight excluding hydrogens is 292 g/mol. The third kappa shape index (κ3) is 4.35. The van der Waals surface area contributed by atoms with Crippen LogP contribution in [-0.2, 0) is 4.79 Å². The molecule has 1 amide bonds. The van der Waals surface area contributed by atoms with Gasteiger partial charge >= 0.3 is 0 Å². The summed E-state index contributed by atoms with van der Waals surface area (Å²) in [7, 11) is 1.62. The van der Waals surface area contributed by atoms with E-state index in [4.69, 9.17) is 4.74 Å². The predicted molar refractivity (Wildman–Crippen MR) is 92.1 cm³/mol. The Kier molecular flexibility index (Phi) is 5.41. The first-order valence-electron chi connectivity index (χ1n) is 7.37. The highest BCUT2D eigenvalue weighted by atomic mass is 16.5. The van der Waals surface area contributed by atoms with Gasteiger partial charge in [-0.3, -0.25) is 4.79 Å². The second-order valence-electron chi connectivity index (χ2n) is 5.29. The highest BCUT2D eigenvalue weighted by Gasteiger charge is 2.08. The number of hydrogen-bond donors (Lipinski definition) is 3. The molecular formula is C17H22N4O2. The second kappa shape index (κ2) is 7.49. The van der Waals surface area contributed by atoms with Crippen molar-refractivity contribution < 1.29 is 9.53 Å². The van der Waals surface area contributed by atoms with Crippen LogP contribution in [0.5, 0.6) is 5.75 Å². The predicted octanol–water partition coefficient (Wildman–Crippen LogP) is 2.59. The fourth-order valence-electron chi connectivity index (χ4n) is 2.35. The van der Waals surface area contributed by atoms with Gasteiger partial charge in [0.25, 0.3) is 5.91 Å². The minimum Gasteiger partial charge on any atom is -0.497 e. The Bertz CT molecular complexity index is 682. The average Bonchev–Trinajstić information content (AvgIpc) is 2.90. The summed E-state index contributed by atoms with van der Waals surface area (Å²) >= 11 is 0. The van der Waals surface area contributed by atoms with Gasteiger partial charge < -0.3 is 15.0 Å². The molecule has 1 aromatic heterocycles. The fourth-order valence-corrected chi connectivity index (χ4v) is 2.35. The van der Waals surface area contributed by atoms with Crippen LogP contribution < -0.4 is 15.5 Å². The topological polar surface area (TPSA) is 78.5 Å². The molecule has 0 aliphatic carbocycles. The Morgan fingerprint density at radius 1 is 1.26 bits per heavy atom. The largest absolute Gasteiger partial charge is 0.497 e. The van der Waals surface area contributed by atoms with Crippen LogP contribution >= 0.6 is 0 Å². The zero-order valence-corrected chi connectivity index (χ0v) is 13.9. The molecule has 6 heteroatoms. The Balaban J connectivity index is 1.88. The van der Waals surface area contributed by atoms with E-state index in [0.717, 1.165) is 34.0 Å². The maximum absolute atomic E-state index is 11.9. The molecule has 1 aromatic carbocycles. The van der Waals surface area contributed by atoms with E-state index in [-0.39, 0.29) is 12.5 Å². The van der Waals surface area contributed by atoms with E-state index in [1.807, 2.05) is 51.2 Å². The van der Waals surface area contributed by atoms with Crippen molar-refractivity contribution in [1.29, 1.82) is 0 Å². The van der Waals surface area contributed by atoms with Gasteiger partial charge in [0.1, 0.15) is 5.75 Å². The fraction of sp³-hybridized carbons (Fsp3) is 0.294. The smallest absolute Gasteiger partial charge is 0.259 e. The zero-order chi connectivity index (χ0) is 16.8. The number of benzene rings is 1. The van der Waals surface area contributed by atoms with Gasteiger partial charge in [0, 0.05) is 23.1 Å². The van der Waals surface area contributed by atoms with Crippen molar-refractivity contribution in [3.63, 3.8) is 0 Å². The van der Waals surface area contributed by atoms with E-state index >= 15 is 0 Å². The molecule has 0 aliphatic heterocycles. The number of aromatic nitrogens is 1. The number of nitrogens with one attached hydrogen (secondary N) is 3. The van der Waals surface area contributed by atoms with Crippen LogP contribution in [-0.4, -0.2) is 30.3 Å². The van der Waals surface area contributed by atoms with Crippen LogP contribution in [0.15, 0.2) is 35.6 Å². The maximum Gasteiger partial charge on any atom is 0.259 e.